The Morgan fingerprint density at radius 2 is 1.74 bits per heavy atom. The van der Waals surface area contributed by atoms with Gasteiger partial charge in [0.05, 0.1) is 5.69 Å². The molecule has 1 heterocycles. The normalized spacial score (nSPS) is 11.8. The molecule has 1 aliphatic rings. The first-order chi connectivity index (χ1) is 13.2. The van der Waals surface area contributed by atoms with Crippen LogP contribution < -0.4 is 10.8 Å². The minimum absolute atomic E-state index is 0.347. The Morgan fingerprint density at radius 3 is 2.33 bits per heavy atom. The molecular formula is C20H28BN3O3. The molecule has 0 atom stereocenters. The van der Waals surface area contributed by atoms with E-state index in [2.05, 4.69) is 15.0 Å². The number of guanidine groups is 1. The van der Waals surface area contributed by atoms with E-state index in [0.717, 1.165) is 17.6 Å². The second-order valence-corrected chi connectivity index (χ2v) is 5.32. The highest BCUT2D eigenvalue weighted by molar-refractivity contribution is 6.68. The number of fused-ring (bicyclic) bond motifs is 1. The van der Waals surface area contributed by atoms with Crippen molar-refractivity contribution < 1.29 is 14.6 Å². The van der Waals surface area contributed by atoms with Gasteiger partial charge in [-0.05, 0) is 18.6 Å². The fraction of sp³-hybridized carbons (Fsp3) is 0.300. The molecule has 0 spiro atoms. The number of carbonyl (C=O) groups is 1. The Morgan fingerprint density at radius 1 is 1.15 bits per heavy atom. The third-order valence-electron chi connectivity index (χ3n) is 3.68. The summed E-state index contributed by atoms with van der Waals surface area (Å²) < 4.78 is 4.54. The molecule has 7 heteroatoms. The summed E-state index contributed by atoms with van der Waals surface area (Å²) in [6.07, 6.45) is 0.567. The molecule has 0 saturated carbocycles. The predicted octanol–water partition coefficient (Wildman–Crippen LogP) is 2.30. The van der Waals surface area contributed by atoms with E-state index in [9.17, 15) is 9.82 Å². The molecule has 1 aliphatic heterocycles. The van der Waals surface area contributed by atoms with Gasteiger partial charge >= 0.3 is 7.05 Å². The fourth-order valence-corrected chi connectivity index (χ4v) is 2.38. The van der Waals surface area contributed by atoms with Crippen molar-refractivity contribution in [1.82, 2.24) is 10.1 Å². The number of aliphatic imine (C=N–C) groups is 1. The summed E-state index contributed by atoms with van der Waals surface area (Å²) in [6.45, 7) is 7.23. The number of hydrogen-bond donors (Lipinski definition) is 2. The molecule has 0 unspecified atom stereocenters. The first-order valence-corrected chi connectivity index (χ1v) is 9.06. The van der Waals surface area contributed by atoms with Crippen LogP contribution in [0.3, 0.4) is 0 Å². The minimum atomic E-state index is -0.846. The molecule has 0 bridgehead atoms. The molecule has 2 aromatic carbocycles. The van der Waals surface area contributed by atoms with Gasteiger partial charge in [0, 0.05) is 25.7 Å². The zero-order valence-corrected chi connectivity index (χ0v) is 16.4. The number of nitrogens with zero attached hydrogens (tertiary/aromatic N) is 2. The van der Waals surface area contributed by atoms with Gasteiger partial charge < -0.3 is 14.6 Å². The molecule has 0 saturated heterocycles. The van der Waals surface area contributed by atoms with Crippen LogP contribution in [0.1, 0.15) is 26.3 Å². The Balaban J connectivity index is 0.000000541. The first-order valence-electron chi connectivity index (χ1n) is 9.06. The SMILES string of the molecule is CC.CCOC.O=CNC1=Nc2ccccc2B(O)N1Cc1ccccc1. The van der Waals surface area contributed by atoms with Crippen LogP contribution in [0, 0.1) is 0 Å². The van der Waals surface area contributed by atoms with E-state index in [0.29, 0.717) is 24.6 Å². The van der Waals surface area contributed by atoms with Crippen molar-refractivity contribution in [2.75, 3.05) is 13.7 Å². The summed E-state index contributed by atoms with van der Waals surface area (Å²) in [4.78, 5) is 16.9. The van der Waals surface area contributed by atoms with E-state index in [1.807, 2.05) is 75.4 Å². The lowest BCUT2D eigenvalue weighted by Crippen LogP contribution is -2.57. The van der Waals surface area contributed by atoms with Gasteiger partial charge in [-0.25, -0.2) is 4.99 Å². The van der Waals surface area contributed by atoms with E-state index < -0.39 is 7.05 Å². The molecular weight excluding hydrogens is 341 g/mol. The molecule has 2 N–H and O–H groups in total. The van der Waals surface area contributed by atoms with E-state index in [1.165, 1.54) is 0 Å². The zero-order valence-electron chi connectivity index (χ0n) is 16.4. The van der Waals surface area contributed by atoms with Crippen LogP contribution in [0.4, 0.5) is 5.69 Å². The Labute approximate surface area is 162 Å². The van der Waals surface area contributed by atoms with Crippen LogP contribution in [-0.4, -0.2) is 43.0 Å². The maximum atomic E-state index is 10.8. The van der Waals surface area contributed by atoms with Gasteiger partial charge in [0.1, 0.15) is 0 Å². The monoisotopic (exact) mass is 369 g/mol. The second-order valence-electron chi connectivity index (χ2n) is 5.32. The van der Waals surface area contributed by atoms with E-state index >= 15 is 0 Å². The van der Waals surface area contributed by atoms with E-state index in [-0.39, 0.29) is 0 Å². The quantitative estimate of drug-likeness (QED) is 0.641. The fourth-order valence-electron chi connectivity index (χ4n) is 2.38. The number of ether oxygens (including phenoxy) is 1. The van der Waals surface area contributed by atoms with Crippen LogP contribution in [0.5, 0.6) is 0 Å². The van der Waals surface area contributed by atoms with Gasteiger partial charge in [-0.2, -0.15) is 0 Å². The summed E-state index contributed by atoms with van der Waals surface area (Å²) in [7, 11) is 0.835. The molecule has 1 amide bonds. The highest BCUT2D eigenvalue weighted by Gasteiger charge is 2.33. The van der Waals surface area contributed by atoms with Crippen LogP contribution in [0.2, 0.25) is 0 Å². The van der Waals surface area contributed by atoms with Gasteiger partial charge in [0.25, 0.3) is 0 Å². The number of amides is 1. The number of hydrogen-bond acceptors (Lipinski definition) is 5. The average molecular weight is 369 g/mol. The van der Waals surface area contributed by atoms with Crippen LogP contribution >= 0.6 is 0 Å². The van der Waals surface area contributed by atoms with Gasteiger partial charge in [0.15, 0.2) is 5.96 Å². The van der Waals surface area contributed by atoms with Crippen molar-refractivity contribution in [2.24, 2.45) is 4.99 Å². The molecule has 144 valence electrons. The maximum Gasteiger partial charge on any atom is 0.454 e. The Kier molecular flexibility index (Phi) is 10.5. The lowest BCUT2D eigenvalue weighted by molar-refractivity contribution is -0.108. The summed E-state index contributed by atoms with van der Waals surface area (Å²) in [5.41, 5.74) is 2.42. The Hall–Kier alpha value is -2.64. The highest BCUT2D eigenvalue weighted by Crippen LogP contribution is 2.18. The number of benzene rings is 2. The summed E-state index contributed by atoms with van der Waals surface area (Å²) in [6, 6.07) is 17.1. The van der Waals surface area contributed by atoms with E-state index in [4.69, 9.17) is 0 Å². The first kappa shape index (κ1) is 22.4. The largest absolute Gasteiger partial charge is 0.454 e. The van der Waals surface area contributed by atoms with Crippen molar-refractivity contribution in [1.29, 1.82) is 0 Å². The van der Waals surface area contributed by atoms with Crippen molar-refractivity contribution in [3.8, 4) is 0 Å². The molecule has 6 nitrogen and oxygen atoms in total. The minimum Gasteiger partial charge on any atom is -0.428 e. The zero-order chi connectivity index (χ0) is 20.1. The molecule has 0 fully saturated rings. The molecule has 3 rings (SSSR count). The third-order valence-corrected chi connectivity index (χ3v) is 3.68. The van der Waals surface area contributed by atoms with Crippen LogP contribution in [-0.2, 0) is 16.1 Å². The van der Waals surface area contributed by atoms with Gasteiger partial charge in [0.2, 0.25) is 6.41 Å². The van der Waals surface area contributed by atoms with Gasteiger partial charge in [-0.3, -0.25) is 10.1 Å². The second kappa shape index (κ2) is 12.7. The molecule has 0 aromatic heterocycles. The smallest absolute Gasteiger partial charge is 0.428 e. The Bertz CT molecular complexity index is 709. The number of carbonyl (C=O) groups excluding carboxylic acids is 1. The summed E-state index contributed by atoms with van der Waals surface area (Å²) >= 11 is 0. The van der Waals surface area contributed by atoms with Crippen molar-refractivity contribution in [2.45, 2.75) is 27.3 Å². The molecule has 0 radical (unpaired) electrons. The van der Waals surface area contributed by atoms with Crippen molar-refractivity contribution >= 4 is 30.6 Å². The van der Waals surface area contributed by atoms with Crippen LogP contribution in [0.15, 0.2) is 59.6 Å². The topological polar surface area (TPSA) is 74.2 Å². The van der Waals surface area contributed by atoms with Gasteiger partial charge in [-0.15, -0.1) is 0 Å². The van der Waals surface area contributed by atoms with Gasteiger partial charge in [-0.1, -0.05) is 62.4 Å². The standard InChI is InChI=1S/C15H14BN3O2.C3H8O.C2H6/c20-11-17-15-18-14-9-5-4-8-13(14)16(21)19(15)10-12-6-2-1-3-7-12;1-3-4-2;1-2/h1-9,11,21H,10H2,(H,17,18,20);3H2,1-2H3;1-2H3. The molecule has 27 heavy (non-hydrogen) atoms. The number of para-hydroxylation sites is 1. The number of nitrogens with one attached hydrogen (secondary N) is 1. The predicted molar refractivity (Wildman–Crippen MR) is 111 cm³/mol. The summed E-state index contributed by atoms with van der Waals surface area (Å²) in [5, 5.41) is 13.1. The van der Waals surface area contributed by atoms with Crippen molar-refractivity contribution in [3.63, 3.8) is 0 Å². The third kappa shape index (κ3) is 6.55. The highest BCUT2D eigenvalue weighted by atomic mass is 16.5. The maximum absolute atomic E-state index is 10.8. The summed E-state index contributed by atoms with van der Waals surface area (Å²) in [5.74, 6) is 0.347. The average Bonchev–Trinajstić information content (AvgIpc) is 2.73. The number of rotatable bonds is 4. The van der Waals surface area contributed by atoms with Crippen LogP contribution in [0.25, 0.3) is 0 Å². The lowest BCUT2D eigenvalue weighted by Gasteiger charge is -2.32. The van der Waals surface area contributed by atoms with Crippen molar-refractivity contribution in [3.05, 3.63) is 60.2 Å². The lowest BCUT2D eigenvalue weighted by atomic mass is 9.69. The number of methoxy groups -OCH3 is 1. The van der Waals surface area contributed by atoms with E-state index in [1.54, 1.807) is 11.9 Å². The molecule has 0 aliphatic carbocycles. The molecule has 2 aromatic rings.